The lowest BCUT2D eigenvalue weighted by Crippen LogP contribution is -1.83. The van der Waals surface area contributed by atoms with E-state index in [9.17, 15) is 5.11 Å². The lowest BCUT2D eigenvalue weighted by Gasteiger charge is -2.06. The predicted octanol–water partition coefficient (Wildman–Crippen LogP) is 4.24. The van der Waals surface area contributed by atoms with Crippen molar-refractivity contribution in [3.05, 3.63) is 52.0 Å². The van der Waals surface area contributed by atoms with Crippen LogP contribution in [-0.2, 0) is 0 Å². The number of halogens is 2. The molecular formula is C13H7Cl2NO. The fraction of sp³-hybridized carbons (Fsp3) is 0. The quantitative estimate of drug-likeness (QED) is 0.837. The molecule has 0 saturated heterocycles. The summed E-state index contributed by atoms with van der Waals surface area (Å²) in [4.78, 5) is 0. The molecule has 2 rings (SSSR count). The summed E-state index contributed by atoms with van der Waals surface area (Å²) in [5.41, 5.74) is 1.68. The maximum Gasteiger partial charge on any atom is 0.133 e. The molecule has 0 aliphatic carbocycles. The first kappa shape index (κ1) is 11.8. The van der Waals surface area contributed by atoms with Gasteiger partial charge in [-0.05, 0) is 23.8 Å². The second-order valence-corrected chi connectivity index (χ2v) is 4.23. The fourth-order valence-corrected chi connectivity index (χ4v) is 1.93. The first-order valence-corrected chi connectivity index (χ1v) is 5.56. The van der Waals surface area contributed by atoms with Crippen molar-refractivity contribution in [2.45, 2.75) is 0 Å². The van der Waals surface area contributed by atoms with Gasteiger partial charge in [0.1, 0.15) is 11.8 Å². The summed E-state index contributed by atoms with van der Waals surface area (Å²) in [6.45, 7) is 0. The largest absolute Gasteiger partial charge is 0.507 e. The van der Waals surface area contributed by atoms with E-state index in [2.05, 4.69) is 0 Å². The van der Waals surface area contributed by atoms with Crippen molar-refractivity contribution in [2.24, 2.45) is 0 Å². The van der Waals surface area contributed by atoms with Crippen molar-refractivity contribution in [2.75, 3.05) is 0 Å². The third kappa shape index (κ3) is 2.21. The van der Waals surface area contributed by atoms with E-state index in [1.54, 1.807) is 24.3 Å². The van der Waals surface area contributed by atoms with E-state index in [-0.39, 0.29) is 11.3 Å². The molecule has 0 amide bonds. The molecule has 4 heteroatoms. The average Bonchev–Trinajstić information content (AvgIpc) is 2.34. The Morgan fingerprint density at radius 3 is 2.59 bits per heavy atom. The van der Waals surface area contributed by atoms with Gasteiger partial charge in [-0.3, -0.25) is 0 Å². The monoisotopic (exact) mass is 263 g/mol. The van der Waals surface area contributed by atoms with Gasteiger partial charge in [-0.25, -0.2) is 0 Å². The molecule has 1 N–H and O–H groups in total. The number of rotatable bonds is 1. The molecule has 0 bridgehead atoms. The molecule has 0 fully saturated rings. The number of benzene rings is 2. The highest BCUT2D eigenvalue weighted by atomic mass is 35.5. The zero-order valence-electron chi connectivity index (χ0n) is 8.61. The molecular weight excluding hydrogens is 257 g/mol. The van der Waals surface area contributed by atoms with Crippen molar-refractivity contribution < 1.29 is 5.11 Å². The van der Waals surface area contributed by atoms with Gasteiger partial charge in [-0.1, -0.05) is 41.4 Å². The van der Waals surface area contributed by atoms with Gasteiger partial charge in [0, 0.05) is 5.56 Å². The zero-order chi connectivity index (χ0) is 12.4. The zero-order valence-corrected chi connectivity index (χ0v) is 10.1. The van der Waals surface area contributed by atoms with Crippen molar-refractivity contribution in [3.63, 3.8) is 0 Å². The molecule has 0 unspecified atom stereocenters. The van der Waals surface area contributed by atoms with Crippen LogP contribution in [0.2, 0.25) is 10.0 Å². The number of nitrogens with zero attached hydrogens (tertiary/aromatic N) is 1. The van der Waals surface area contributed by atoms with E-state index >= 15 is 0 Å². The summed E-state index contributed by atoms with van der Waals surface area (Å²) in [5.74, 6) is -0.0469. The molecule has 0 atom stereocenters. The standard InChI is InChI=1S/C13H7Cl2NO/c14-11-3-1-2-10(13(11)15)8-4-5-12(17)9(6-8)7-16/h1-6,17H. The molecule has 0 aromatic heterocycles. The normalized spacial score (nSPS) is 9.94. The van der Waals surface area contributed by atoms with Gasteiger partial charge in [-0.15, -0.1) is 0 Å². The smallest absolute Gasteiger partial charge is 0.133 e. The molecule has 0 aliphatic rings. The molecule has 0 spiro atoms. The third-order valence-electron chi connectivity index (χ3n) is 2.38. The minimum absolute atomic E-state index is 0.0469. The molecule has 2 nitrogen and oxygen atoms in total. The minimum atomic E-state index is -0.0469. The lowest BCUT2D eigenvalue weighted by molar-refractivity contribution is 0.473. The van der Waals surface area contributed by atoms with Crippen LogP contribution in [-0.4, -0.2) is 5.11 Å². The van der Waals surface area contributed by atoms with E-state index in [4.69, 9.17) is 28.5 Å². The lowest BCUT2D eigenvalue weighted by atomic mass is 10.0. The van der Waals surface area contributed by atoms with Gasteiger partial charge >= 0.3 is 0 Å². The number of phenols is 1. The SMILES string of the molecule is N#Cc1cc(-c2cccc(Cl)c2Cl)ccc1O. The Morgan fingerprint density at radius 2 is 1.88 bits per heavy atom. The maximum absolute atomic E-state index is 9.42. The number of hydrogen-bond acceptors (Lipinski definition) is 2. The molecule has 0 saturated carbocycles. The molecule has 2 aromatic rings. The molecule has 0 radical (unpaired) electrons. The van der Waals surface area contributed by atoms with Crippen LogP contribution in [0.1, 0.15) is 5.56 Å². The summed E-state index contributed by atoms with van der Waals surface area (Å²) in [6.07, 6.45) is 0. The Bertz CT molecular complexity index is 617. The molecule has 17 heavy (non-hydrogen) atoms. The number of aromatic hydroxyl groups is 1. The Hall–Kier alpha value is -1.69. The molecule has 2 aromatic carbocycles. The van der Waals surface area contributed by atoms with Gasteiger partial charge in [-0.2, -0.15) is 5.26 Å². The highest BCUT2D eigenvalue weighted by Crippen LogP contribution is 2.34. The summed E-state index contributed by atoms with van der Waals surface area (Å²) in [5, 5.41) is 19.2. The van der Waals surface area contributed by atoms with E-state index in [0.717, 1.165) is 11.1 Å². The number of phenolic OH excluding ortho intramolecular Hbond substituents is 1. The summed E-state index contributed by atoms with van der Waals surface area (Å²) >= 11 is 12.0. The van der Waals surface area contributed by atoms with Crippen LogP contribution >= 0.6 is 23.2 Å². The predicted molar refractivity (Wildman–Crippen MR) is 68.3 cm³/mol. The third-order valence-corrected chi connectivity index (χ3v) is 3.20. The Kier molecular flexibility index (Phi) is 3.23. The van der Waals surface area contributed by atoms with Crippen LogP contribution in [0.3, 0.4) is 0 Å². The van der Waals surface area contributed by atoms with E-state index in [0.29, 0.717) is 10.0 Å². The van der Waals surface area contributed by atoms with E-state index in [1.807, 2.05) is 12.1 Å². The van der Waals surface area contributed by atoms with E-state index < -0.39 is 0 Å². The van der Waals surface area contributed by atoms with Crippen LogP contribution < -0.4 is 0 Å². The van der Waals surface area contributed by atoms with Crippen LogP contribution in [0, 0.1) is 11.3 Å². The van der Waals surface area contributed by atoms with Crippen molar-refractivity contribution in [3.8, 4) is 22.9 Å². The van der Waals surface area contributed by atoms with E-state index in [1.165, 1.54) is 6.07 Å². The Balaban J connectivity index is 2.62. The van der Waals surface area contributed by atoms with Crippen LogP contribution in [0.4, 0.5) is 0 Å². The van der Waals surface area contributed by atoms with Gasteiger partial charge < -0.3 is 5.11 Å². The van der Waals surface area contributed by atoms with Gasteiger partial charge in [0.2, 0.25) is 0 Å². The first-order chi connectivity index (χ1) is 8.13. The second kappa shape index (κ2) is 4.67. The number of nitriles is 1. The van der Waals surface area contributed by atoms with Gasteiger partial charge in [0.15, 0.2) is 0 Å². The van der Waals surface area contributed by atoms with Crippen molar-refractivity contribution in [1.82, 2.24) is 0 Å². The summed E-state index contributed by atoms with van der Waals surface area (Å²) in [7, 11) is 0. The second-order valence-electron chi connectivity index (χ2n) is 3.45. The van der Waals surface area contributed by atoms with Crippen molar-refractivity contribution >= 4 is 23.2 Å². The summed E-state index contributed by atoms with van der Waals surface area (Å²) in [6, 6.07) is 11.9. The topological polar surface area (TPSA) is 44.0 Å². The minimum Gasteiger partial charge on any atom is -0.507 e. The van der Waals surface area contributed by atoms with Gasteiger partial charge in [0.25, 0.3) is 0 Å². The summed E-state index contributed by atoms with van der Waals surface area (Å²) < 4.78 is 0. The maximum atomic E-state index is 9.42. The molecule has 0 aliphatic heterocycles. The fourth-order valence-electron chi connectivity index (χ4n) is 1.52. The first-order valence-electron chi connectivity index (χ1n) is 4.81. The van der Waals surface area contributed by atoms with Crippen LogP contribution in [0.5, 0.6) is 5.75 Å². The Morgan fingerprint density at radius 1 is 1.12 bits per heavy atom. The molecule has 84 valence electrons. The molecule has 0 heterocycles. The average molecular weight is 264 g/mol. The Labute approximate surface area is 109 Å². The van der Waals surface area contributed by atoms with Gasteiger partial charge in [0.05, 0.1) is 15.6 Å². The van der Waals surface area contributed by atoms with Crippen LogP contribution in [0.15, 0.2) is 36.4 Å². The number of hydrogen-bond donors (Lipinski definition) is 1. The highest BCUT2D eigenvalue weighted by molar-refractivity contribution is 6.43. The van der Waals surface area contributed by atoms with Crippen molar-refractivity contribution in [1.29, 1.82) is 5.26 Å². The van der Waals surface area contributed by atoms with Crippen LogP contribution in [0.25, 0.3) is 11.1 Å². The highest BCUT2D eigenvalue weighted by Gasteiger charge is 2.09.